The van der Waals surface area contributed by atoms with Crippen molar-refractivity contribution in [2.45, 2.75) is 26.7 Å². The summed E-state index contributed by atoms with van der Waals surface area (Å²) in [5.41, 5.74) is 2.90. The van der Waals surface area contributed by atoms with E-state index in [9.17, 15) is 4.79 Å². The van der Waals surface area contributed by atoms with Crippen LogP contribution in [0.15, 0.2) is 29.6 Å². The molecule has 2 aromatic rings. The normalized spacial score (nSPS) is 10.6. The van der Waals surface area contributed by atoms with Gasteiger partial charge in [-0.3, -0.25) is 4.79 Å². The summed E-state index contributed by atoms with van der Waals surface area (Å²) in [6.45, 7) is 4.05. The molecule has 18 heavy (non-hydrogen) atoms. The number of benzene rings is 1. The Kier molecular flexibility index (Phi) is 4.20. The third-order valence-electron chi connectivity index (χ3n) is 2.83. The van der Waals surface area contributed by atoms with Crippen LogP contribution in [0.25, 0.3) is 0 Å². The molecule has 1 aromatic heterocycles. The van der Waals surface area contributed by atoms with Gasteiger partial charge in [0.05, 0.1) is 9.90 Å². The first-order chi connectivity index (χ1) is 8.63. The predicted molar refractivity (Wildman–Crippen MR) is 77.9 cm³/mol. The number of carbonyl (C=O) groups is 1. The number of hydrogen-bond acceptors (Lipinski definition) is 2. The van der Waals surface area contributed by atoms with Gasteiger partial charge in [0.15, 0.2) is 0 Å². The van der Waals surface area contributed by atoms with Gasteiger partial charge in [-0.15, -0.1) is 11.3 Å². The summed E-state index contributed by atoms with van der Waals surface area (Å²) in [4.78, 5) is 13.0. The minimum absolute atomic E-state index is 0.0241. The zero-order valence-electron chi connectivity index (χ0n) is 10.5. The number of carbonyl (C=O) groups excluding carboxylic acids is 1. The molecule has 0 aliphatic carbocycles. The lowest BCUT2D eigenvalue weighted by Crippen LogP contribution is -2.00. The van der Waals surface area contributed by atoms with E-state index in [4.69, 9.17) is 11.6 Å². The SMILES string of the molecule is CCCc1cccc(C(=O)c2scc(C)c2Cl)c1. The lowest BCUT2D eigenvalue weighted by molar-refractivity contribution is 0.104. The monoisotopic (exact) mass is 278 g/mol. The molecule has 0 spiro atoms. The van der Waals surface area contributed by atoms with E-state index in [0.717, 1.165) is 24.0 Å². The minimum atomic E-state index is 0.0241. The summed E-state index contributed by atoms with van der Waals surface area (Å²) < 4.78 is 0. The summed E-state index contributed by atoms with van der Waals surface area (Å²) in [5.74, 6) is 0.0241. The van der Waals surface area contributed by atoms with Crippen LogP contribution in [0.5, 0.6) is 0 Å². The fourth-order valence-corrected chi connectivity index (χ4v) is 3.11. The zero-order valence-corrected chi connectivity index (χ0v) is 12.1. The molecule has 0 saturated carbocycles. The van der Waals surface area contributed by atoms with Crippen molar-refractivity contribution < 1.29 is 4.79 Å². The van der Waals surface area contributed by atoms with Crippen molar-refractivity contribution in [1.82, 2.24) is 0 Å². The minimum Gasteiger partial charge on any atom is -0.288 e. The smallest absolute Gasteiger partial charge is 0.204 e. The summed E-state index contributed by atoms with van der Waals surface area (Å²) in [5, 5.41) is 2.51. The molecule has 1 aromatic carbocycles. The van der Waals surface area contributed by atoms with Crippen molar-refractivity contribution in [3.05, 3.63) is 56.2 Å². The van der Waals surface area contributed by atoms with Gasteiger partial charge in [0.1, 0.15) is 0 Å². The molecule has 0 amide bonds. The highest BCUT2D eigenvalue weighted by Gasteiger charge is 2.16. The van der Waals surface area contributed by atoms with Crippen LogP contribution in [0.3, 0.4) is 0 Å². The summed E-state index contributed by atoms with van der Waals surface area (Å²) >= 11 is 7.56. The molecular weight excluding hydrogens is 264 g/mol. The van der Waals surface area contributed by atoms with Gasteiger partial charge >= 0.3 is 0 Å². The van der Waals surface area contributed by atoms with Crippen molar-refractivity contribution in [2.75, 3.05) is 0 Å². The highest BCUT2D eigenvalue weighted by atomic mass is 35.5. The molecule has 0 saturated heterocycles. The van der Waals surface area contributed by atoms with E-state index < -0.39 is 0 Å². The molecule has 94 valence electrons. The second-order valence-electron chi connectivity index (χ2n) is 4.34. The molecule has 1 heterocycles. The quantitative estimate of drug-likeness (QED) is 0.728. The van der Waals surface area contributed by atoms with Crippen LogP contribution < -0.4 is 0 Å². The van der Waals surface area contributed by atoms with Gasteiger partial charge in [-0.25, -0.2) is 0 Å². The van der Waals surface area contributed by atoms with E-state index in [2.05, 4.69) is 13.0 Å². The first-order valence-corrected chi connectivity index (χ1v) is 7.26. The molecule has 3 heteroatoms. The lowest BCUT2D eigenvalue weighted by atomic mass is 10.0. The fourth-order valence-electron chi connectivity index (χ4n) is 1.87. The standard InChI is InChI=1S/C15H15ClOS/c1-3-5-11-6-4-7-12(8-11)14(17)15-13(16)10(2)9-18-15/h4,6-9H,3,5H2,1-2H3. The Hall–Kier alpha value is -1.12. The predicted octanol–water partition coefficient (Wildman–Crippen LogP) is 4.89. The lowest BCUT2D eigenvalue weighted by Gasteiger charge is -2.03. The molecule has 1 nitrogen and oxygen atoms in total. The third kappa shape index (κ3) is 2.65. The van der Waals surface area contributed by atoms with Gasteiger partial charge in [-0.2, -0.15) is 0 Å². The average Bonchev–Trinajstić information content (AvgIpc) is 2.70. The highest BCUT2D eigenvalue weighted by Crippen LogP contribution is 2.29. The van der Waals surface area contributed by atoms with E-state index in [0.29, 0.717) is 9.90 Å². The van der Waals surface area contributed by atoms with Crippen molar-refractivity contribution in [3.63, 3.8) is 0 Å². The van der Waals surface area contributed by atoms with E-state index in [1.165, 1.54) is 16.9 Å². The molecular formula is C15H15ClOS. The Balaban J connectivity index is 2.34. The fraction of sp³-hybridized carbons (Fsp3) is 0.267. The largest absolute Gasteiger partial charge is 0.288 e. The maximum atomic E-state index is 12.4. The molecule has 0 radical (unpaired) electrons. The molecule has 0 bridgehead atoms. The van der Waals surface area contributed by atoms with Gasteiger partial charge in [-0.1, -0.05) is 43.1 Å². The molecule has 2 rings (SSSR count). The maximum absolute atomic E-state index is 12.4. The van der Waals surface area contributed by atoms with Gasteiger partial charge in [0.25, 0.3) is 0 Å². The van der Waals surface area contributed by atoms with Gasteiger partial charge in [0, 0.05) is 5.56 Å². The number of hydrogen-bond donors (Lipinski definition) is 0. The Bertz CT molecular complexity index is 572. The third-order valence-corrected chi connectivity index (χ3v) is 4.53. The highest BCUT2D eigenvalue weighted by molar-refractivity contribution is 7.13. The van der Waals surface area contributed by atoms with Crippen LogP contribution in [0.2, 0.25) is 5.02 Å². The van der Waals surface area contributed by atoms with E-state index in [1.807, 2.05) is 30.5 Å². The first kappa shape index (κ1) is 13.3. The molecule has 0 atom stereocenters. The van der Waals surface area contributed by atoms with Crippen molar-refractivity contribution >= 4 is 28.7 Å². The van der Waals surface area contributed by atoms with Gasteiger partial charge in [-0.05, 0) is 35.9 Å². The van der Waals surface area contributed by atoms with Crippen LogP contribution in [0.1, 0.15) is 39.7 Å². The number of aryl methyl sites for hydroxylation is 2. The Labute approximate surface area is 116 Å². The zero-order chi connectivity index (χ0) is 13.1. The summed E-state index contributed by atoms with van der Waals surface area (Å²) in [6, 6.07) is 7.82. The first-order valence-electron chi connectivity index (χ1n) is 6.00. The van der Waals surface area contributed by atoms with Crippen molar-refractivity contribution in [1.29, 1.82) is 0 Å². The summed E-state index contributed by atoms with van der Waals surface area (Å²) in [7, 11) is 0. The van der Waals surface area contributed by atoms with Gasteiger partial charge < -0.3 is 0 Å². The van der Waals surface area contributed by atoms with E-state index >= 15 is 0 Å². The number of rotatable bonds is 4. The second-order valence-corrected chi connectivity index (χ2v) is 5.60. The van der Waals surface area contributed by atoms with Crippen LogP contribution >= 0.6 is 22.9 Å². The number of ketones is 1. The van der Waals surface area contributed by atoms with Crippen molar-refractivity contribution in [3.8, 4) is 0 Å². The van der Waals surface area contributed by atoms with Crippen LogP contribution in [-0.2, 0) is 6.42 Å². The Morgan fingerprint density at radius 3 is 2.78 bits per heavy atom. The number of halogens is 1. The van der Waals surface area contributed by atoms with Crippen LogP contribution in [-0.4, -0.2) is 5.78 Å². The average molecular weight is 279 g/mol. The van der Waals surface area contributed by atoms with Crippen molar-refractivity contribution in [2.24, 2.45) is 0 Å². The Morgan fingerprint density at radius 2 is 2.17 bits per heavy atom. The maximum Gasteiger partial charge on any atom is 0.204 e. The molecule has 0 aliphatic heterocycles. The van der Waals surface area contributed by atoms with Crippen LogP contribution in [0.4, 0.5) is 0 Å². The number of thiophene rings is 1. The van der Waals surface area contributed by atoms with Crippen LogP contribution in [0, 0.1) is 6.92 Å². The second kappa shape index (κ2) is 5.68. The molecule has 0 unspecified atom stereocenters. The topological polar surface area (TPSA) is 17.1 Å². The molecule has 0 fully saturated rings. The summed E-state index contributed by atoms with van der Waals surface area (Å²) in [6.07, 6.45) is 2.08. The van der Waals surface area contributed by atoms with E-state index in [1.54, 1.807) is 0 Å². The van der Waals surface area contributed by atoms with Gasteiger partial charge in [0.2, 0.25) is 5.78 Å². The molecule has 0 aliphatic rings. The Morgan fingerprint density at radius 1 is 1.39 bits per heavy atom. The molecule has 0 N–H and O–H groups in total. The van der Waals surface area contributed by atoms with E-state index in [-0.39, 0.29) is 5.78 Å².